The summed E-state index contributed by atoms with van der Waals surface area (Å²) in [4.78, 5) is 23.2. The lowest BCUT2D eigenvalue weighted by Crippen LogP contribution is -2.20. The van der Waals surface area contributed by atoms with E-state index in [1.54, 1.807) is 24.3 Å². The van der Waals surface area contributed by atoms with Gasteiger partial charge in [0.15, 0.2) is 6.61 Å². The van der Waals surface area contributed by atoms with Gasteiger partial charge in [-0.3, -0.25) is 9.59 Å². The van der Waals surface area contributed by atoms with Crippen molar-refractivity contribution in [2.24, 2.45) is 5.73 Å². The van der Waals surface area contributed by atoms with E-state index in [4.69, 9.17) is 10.5 Å². The van der Waals surface area contributed by atoms with Crippen molar-refractivity contribution in [2.45, 2.75) is 11.0 Å². The van der Waals surface area contributed by atoms with E-state index in [0.717, 1.165) is 0 Å². The molecule has 1 heterocycles. The highest BCUT2D eigenvalue weighted by atomic mass is 32.2. The minimum absolute atomic E-state index is 0.187. The third kappa shape index (κ3) is 5.19. The van der Waals surface area contributed by atoms with E-state index >= 15 is 0 Å². The number of carbonyl (C=O) groups excluding carboxylic acids is 2. The molecule has 7 heteroatoms. The Balaban J connectivity index is 1.62. The molecule has 0 aromatic heterocycles. The summed E-state index contributed by atoms with van der Waals surface area (Å²) in [5.41, 5.74) is 7.51. The fourth-order valence-corrected chi connectivity index (χ4v) is 5.39. The van der Waals surface area contributed by atoms with Crippen molar-refractivity contribution in [2.75, 3.05) is 23.4 Å². The number of ether oxygens (including phenoxy) is 1. The maximum atomic E-state index is 12.4. The number of carbonyl (C=O) groups is 2. The standard InChI is InChI=1S/C19H20N2O3S2/c20-17(22)12-24-16-4-1-3-15(11-16)21-18(23)13-5-7-14(8-6-13)19-25-9-2-10-26-19/h1,3-8,11,19H,2,9-10,12H2,(H2,20,22)(H,21,23). The zero-order valence-electron chi connectivity index (χ0n) is 14.1. The number of anilines is 1. The highest BCUT2D eigenvalue weighted by Crippen LogP contribution is 2.43. The molecule has 1 aliphatic heterocycles. The third-order valence-electron chi connectivity index (χ3n) is 3.75. The Kier molecular flexibility index (Phi) is 6.46. The number of hydrogen-bond donors (Lipinski definition) is 2. The monoisotopic (exact) mass is 388 g/mol. The van der Waals surface area contributed by atoms with Crippen molar-refractivity contribution in [3.8, 4) is 5.75 Å². The predicted octanol–water partition coefficient (Wildman–Crippen LogP) is 3.67. The van der Waals surface area contributed by atoms with Gasteiger partial charge in [0.25, 0.3) is 11.8 Å². The van der Waals surface area contributed by atoms with Gasteiger partial charge in [0.05, 0.1) is 4.58 Å². The first-order valence-corrected chi connectivity index (χ1v) is 10.4. The molecule has 0 bridgehead atoms. The number of nitrogens with two attached hydrogens (primary N) is 1. The molecule has 0 saturated carbocycles. The van der Waals surface area contributed by atoms with Crippen molar-refractivity contribution in [3.63, 3.8) is 0 Å². The summed E-state index contributed by atoms with van der Waals surface area (Å²) in [6.07, 6.45) is 1.26. The molecule has 0 unspecified atom stereocenters. The summed E-state index contributed by atoms with van der Waals surface area (Å²) in [5.74, 6) is 2.12. The van der Waals surface area contributed by atoms with Gasteiger partial charge in [-0.15, -0.1) is 23.5 Å². The minimum Gasteiger partial charge on any atom is -0.484 e. The molecule has 26 heavy (non-hydrogen) atoms. The number of amides is 2. The number of rotatable bonds is 6. The first-order valence-electron chi connectivity index (χ1n) is 8.27. The van der Waals surface area contributed by atoms with Crippen LogP contribution in [0.25, 0.3) is 0 Å². The highest BCUT2D eigenvalue weighted by Gasteiger charge is 2.17. The van der Waals surface area contributed by atoms with Crippen LogP contribution >= 0.6 is 23.5 Å². The number of primary amides is 1. The second kappa shape index (κ2) is 9.00. The Hall–Kier alpha value is -2.12. The molecular weight excluding hydrogens is 368 g/mol. The molecule has 3 rings (SSSR count). The average molecular weight is 389 g/mol. The van der Waals surface area contributed by atoms with Crippen LogP contribution in [0.5, 0.6) is 5.75 Å². The van der Waals surface area contributed by atoms with Crippen LogP contribution < -0.4 is 15.8 Å². The molecule has 0 atom stereocenters. The molecule has 2 aromatic rings. The van der Waals surface area contributed by atoms with Crippen LogP contribution in [0.4, 0.5) is 5.69 Å². The van der Waals surface area contributed by atoms with Crippen LogP contribution in [0.3, 0.4) is 0 Å². The largest absolute Gasteiger partial charge is 0.484 e. The van der Waals surface area contributed by atoms with Gasteiger partial charge < -0.3 is 15.8 Å². The van der Waals surface area contributed by atoms with Crippen molar-refractivity contribution in [1.82, 2.24) is 0 Å². The van der Waals surface area contributed by atoms with Gasteiger partial charge in [0, 0.05) is 17.3 Å². The number of thioether (sulfide) groups is 2. The van der Waals surface area contributed by atoms with Crippen LogP contribution in [0.1, 0.15) is 26.9 Å². The van der Waals surface area contributed by atoms with E-state index in [2.05, 4.69) is 5.32 Å². The van der Waals surface area contributed by atoms with Gasteiger partial charge in [0.1, 0.15) is 5.75 Å². The fraction of sp³-hybridized carbons (Fsp3) is 0.263. The highest BCUT2D eigenvalue weighted by molar-refractivity contribution is 8.16. The fourth-order valence-electron chi connectivity index (χ4n) is 2.49. The van der Waals surface area contributed by atoms with E-state index in [1.165, 1.54) is 23.5 Å². The Labute approximate surface area is 161 Å². The van der Waals surface area contributed by atoms with Crippen LogP contribution in [-0.2, 0) is 4.79 Å². The quantitative estimate of drug-likeness (QED) is 0.789. The Morgan fingerprint density at radius 1 is 1.12 bits per heavy atom. The van der Waals surface area contributed by atoms with Crippen LogP contribution in [0, 0.1) is 0 Å². The normalized spacial score (nSPS) is 14.6. The molecule has 2 amide bonds. The molecule has 0 aliphatic carbocycles. The Morgan fingerprint density at radius 3 is 2.54 bits per heavy atom. The molecule has 0 radical (unpaired) electrons. The van der Waals surface area contributed by atoms with E-state index in [1.807, 2.05) is 47.8 Å². The van der Waals surface area contributed by atoms with Crippen LogP contribution in [0.2, 0.25) is 0 Å². The molecule has 1 aliphatic rings. The summed E-state index contributed by atoms with van der Waals surface area (Å²) in [7, 11) is 0. The molecule has 136 valence electrons. The second-order valence-corrected chi connectivity index (χ2v) is 8.51. The number of benzene rings is 2. The number of hydrogen-bond acceptors (Lipinski definition) is 5. The molecule has 1 saturated heterocycles. The number of nitrogens with one attached hydrogen (secondary N) is 1. The topological polar surface area (TPSA) is 81.4 Å². The van der Waals surface area contributed by atoms with Gasteiger partial charge in [-0.25, -0.2) is 0 Å². The lowest BCUT2D eigenvalue weighted by Gasteiger charge is -2.21. The summed E-state index contributed by atoms with van der Waals surface area (Å²) in [6, 6.07) is 14.6. The minimum atomic E-state index is -0.547. The molecule has 0 spiro atoms. The van der Waals surface area contributed by atoms with Crippen LogP contribution in [-0.4, -0.2) is 29.9 Å². The molecular formula is C19H20N2O3S2. The Morgan fingerprint density at radius 2 is 1.85 bits per heavy atom. The van der Waals surface area contributed by atoms with E-state index in [9.17, 15) is 9.59 Å². The van der Waals surface area contributed by atoms with Gasteiger partial charge in [-0.05, 0) is 47.8 Å². The summed E-state index contributed by atoms with van der Waals surface area (Å²) < 4.78 is 5.71. The van der Waals surface area contributed by atoms with E-state index in [-0.39, 0.29) is 12.5 Å². The van der Waals surface area contributed by atoms with Crippen molar-refractivity contribution < 1.29 is 14.3 Å². The van der Waals surface area contributed by atoms with Gasteiger partial charge >= 0.3 is 0 Å². The zero-order valence-corrected chi connectivity index (χ0v) is 15.8. The molecule has 2 aromatic carbocycles. The van der Waals surface area contributed by atoms with Crippen LogP contribution in [0.15, 0.2) is 48.5 Å². The molecule has 3 N–H and O–H groups in total. The summed E-state index contributed by atoms with van der Waals surface area (Å²) in [6.45, 7) is -0.198. The van der Waals surface area contributed by atoms with Crippen molar-refractivity contribution in [3.05, 3.63) is 59.7 Å². The van der Waals surface area contributed by atoms with E-state index < -0.39 is 5.91 Å². The lowest BCUT2D eigenvalue weighted by molar-refractivity contribution is -0.119. The SMILES string of the molecule is NC(=O)COc1cccc(NC(=O)c2ccc(C3SCCCS3)cc2)c1. The van der Waals surface area contributed by atoms with Gasteiger partial charge in [0.2, 0.25) is 0 Å². The first kappa shape index (κ1) is 18.7. The lowest BCUT2D eigenvalue weighted by atomic mass is 10.1. The molecule has 1 fully saturated rings. The van der Waals surface area contributed by atoms with Crippen molar-refractivity contribution in [1.29, 1.82) is 0 Å². The second-order valence-electron chi connectivity index (χ2n) is 5.79. The van der Waals surface area contributed by atoms with Gasteiger partial charge in [-0.1, -0.05) is 18.2 Å². The Bertz CT molecular complexity index is 775. The van der Waals surface area contributed by atoms with E-state index in [0.29, 0.717) is 21.6 Å². The smallest absolute Gasteiger partial charge is 0.255 e. The summed E-state index contributed by atoms with van der Waals surface area (Å²) in [5, 5.41) is 2.84. The van der Waals surface area contributed by atoms with Gasteiger partial charge in [-0.2, -0.15) is 0 Å². The maximum absolute atomic E-state index is 12.4. The molecule has 5 nitrogen and oxygen atoms in total. The third-order valence-corrected chi connectivity index (χ3v) is 6.76. The first-order chi connectivity index (χ1) is 12.6. The predicted molar refractivity (Wildman–Crippen MR) is 108 cm³/mol. The van der Waals surface area contributed by atoms with Crippen molar-refractivity contribution >= 4 is 41.0 Å². The maximum Gasteiger partial charge on any atom is 0.255 e. The zero-order chi connectivity index (χ0) is 18.4. The average Bonchev–Trinajstić information content (AvgIpc) is 2.67. The summed E-state index contributed by atoms with van der Waals surface area (Å²) >= 11 is 3.91.